The lowest BCUT2D eigenvalue weighted by molar-refractivity contribution is 1.30. The first-order valence-electron chi connectivity index (χ1n) is 49.6. The van der Waals surface area contributed by atoms with Gasteiger partial charge in [-0.2, -0.15) is 0 Å². The Morgan fingerprint density at radius 1 is 0.111 bits per heavy atom. The quantitative estimate of drug-likeness (QED) is 0.121. The summed E-state index contributed by atoms with van der Waals surface area (Å²) in [7, 11) is 0. The van der Waals surface area contributed by atoms with Crippen molar-refractivity contribution in [3.05, 3.63) is 516 Å². The van der Waals surface area contributed by atoms with Gasteiger partial charge in [0.05, 0.1) is 22.8 Å². The third-order valence-corrected chi connectivity index (χ3v) is 30.5. The summed E-state index contributed by atoms with van der Waals surface area (Å²) in [4.78, 5) is 19.1. The highest BCUT2D eigenvalue weighted by Crippen LogP contribution is 2.52. The van der Waals surface area contributed by atoms with Gasteiger partial charge in [0.15, 0.2) is 0 Å². The highest BCUT2D eigenvalue weighted by atomic mass is 15.1. The smallest absolute Gasteiger partial charge is 0.0702 e. The van der Waals surface area contributed by atoms with Crippen LogP contribution in [0.2, 0.25) is 0 Å². The first kappa shape index (κ1) is 82.0. The maximum absolute atomic E-state index is 4.72. The van der Waals surface area contributed by atoms with Crippen LogP contribution in [0.25, 0.3) is 261 Å². The van der Waals surface area contributed by atoms with Crippen molar-refractivity contribution in [2.75, 3.05) is 9.80 Å². The predicted molar refractivity (Wildman–Crippen MR) is 615 cm³/mol. The average molecular weight is 1830 g/mol. The van der Waals surface area contributed by atoms with E-state index in [0.717, 1.165) is 67.9 Å². The maximum Gasteiger partial charge on any atom is 0.0702 e. The van der Waals surface area contributed by atoms with Gasteiger partial charge in [-0.15, -0.1) is 0 Å². The Hall–Kier alpha value is -19.1. The Bertz CT molecular complexity index is 10300. The van der Waals surface area contributed by atoms with E-state index in [1.807, 2.05) is 36.8 Å². The van der Waals surface area contributed by atoms with E-state index >= 15 is 0 Å². The number of anilines is 6. The van der Waals surface area contributed by atoms with E-state index in [-0.39, 0.29) is 0 Å². The van der Waals surface area contributed by atoms with E-state index in [1.54, 1.807) is 0 Å². The Balaban J connectivity index is 0.000000138. The van der Waals surface area contributed by atoms with Gasteiger partial charge < -0.3 is 9.80 Å². The topological polar surface area (TPSA) is 45.2 Å². The van der Waals surface area contributed by atoms with Crippen LogP contribution in [0.5, 0.6) is 0 Å². The number of hydrogen-bond acceptors (Lipinski definition) is 5. The number of fused-ring (bicyclic) bond motifs is 37. The minimum Gasteiger partial charge on any atom is -0.310 e. The normalized spacial score (nSPS) is 11.9. The van der Waals surface area contributed by atoms with Crippen molar-refractivity contribution in [3.63, 3.8) is 0 Å². The summed E-state index contributed by atoms with van der Waals surface area (Å²) >= 11 is 0. The van der Waals surface area contributed by atoms with Crippen LogP contribution < -0.4 is 9.80 Å². The van der Waals surface area contributed by atoms with Crippen molar-refractivity contribution in [3.8, 4) is 56.0 Å². The molecule has 30 aromatic rings. The molecular weight excluding hydrogens is 1740 g/mol. The minimum atomic E-state index is 0.968. The number of pyridine rings is 3. The van der Waals surface area contributed by atoms with E-state index < -0.39 is 0 Å². The maximum atomic E-state index is 4.72. The SMILES string of the molecule is c1ccc(-c2ccc3c4ccc(N(c5ccc(-c6ccc7c8ccccc8c8ccccc8c7c6)cc5)c5ccc6c7ccccc7c7ccccc7c6c5)cc4c4ccccc4c3c2)nc1.c1ccc(-c2ccc3c4ccc(N(c5ccc6c7ccc(-c8ccccn8)cc7c7ccccc7c6c5)c5ccc(-c6ccc7c8ccccc8c8ccccc8c7c6)c6ccccc56)cc4c4ccccc4c3c2)nc1. The van der Waals surface area contributed by atoms with Gasteiger partial charge in [-0.25, -0.2) is 0 Å². The Labute approximate surface area is 829 Å². The van der Waals surface area contributed by atoms with Crippen molar-refractivity contribution in [2.45, 2.75) is 0 Å². The van der Waals surface area contributed by atoms with Crippen LogP contribution in [0.1, 0.15) is 0 Å². The second-order valence-corrected chi connectivity index (χ2v) is 38.2. The molecular formula is C139H85N5. The molecule has 27 aromatic carbocycles. The molecule has 0 atom stereocenters. The summed E-state index contributed by atoms with van der Waals surface area (Å²) in [5.74, 6) is 0. The van der Waals surface area contributed by atoms with Gasteiger partial charge in [0.2, 0.25) is 0 Å². The highest BCUT2D eigenvalue weighted by Gasteiger charge is 2.26. The van der Waals surface area contributed by atoms with Gasteiger partial charge >= 0.3 is 0 Å². The zero-order valence-electron chi connectivity index (χ0n) is 78.3. The zero-order chi connectivity index (χ0) is 94.6. The first-order chi connectivity index (χ1) is 71.4. The van der Waals surface area contributed by atoms with Crippen LogP contribution in [0.3, 0.4) is 0 Å². The Morgan fingerprint density at radius 3 is 0.583 bits per heavy atom. The minimum absolute atomic E-state index is 0.968. The summed E-state index contributed by atoms with van der Waals surface area (Å²) in [6.45, 7) is 0. The van der Waals surface area contributed by atoms with Crippen LogP contribution in [0.15, 0.2) is 516 Å². The molecule has 0 fully saturated rings. The van der Waals surface area contributed by atoms with Gasteiger partial charge in [0.1, 0.15) is 0 Å². The van der Waals surface area contributed by atoms with Gasteiger partial charge in [-0.3, -0.25) is 15.0 Å². The van der Waals surface area contributed by atoms with Gasteiger partial charge in [-0.05, 0) is 355 Å². The number of rotatable bonds is 11. The lowest BCUT2D eigenvalue weighted by Gasteiger charge is -2.29. The van der Waals surface area contributed by atoms with E-state index in [1.165, 1.54) is 227 Å². The van der Waals surface area contributed by atoms with Crippen LogP contribution in [-0.4, -0.2) is 15.0 Å². The van der Waals surface area contributed by atoms with Crippen LogP contribution in [-0.2, 0) is 0 Å². The predicted octanol–water partition coefficient (Wildman–Crippen LogP) is 38.7. The Morgan fingerprint density at radius 2 is 0.306 bits per heavy atom. The van der Waals surface area contributed by atoms with E-state index in [9.17, 15) is 0 Å². The molecule has 3 aromatic heterocycles. The van der Waals surface area contributed by atoms with E-state index in [2.05, 4.69) is 494 Å². The molecule has 0 saturated carbocycles. The highest BCUT2D eigenvalue weighted by molar-refractivity contribution is 6.33. The van der Waals surface area contributed by atoms with Crippen LogP contribution in [0, 0.1) is 0 Å². The largest absolute Gasteiger partial charge is 0.310 e. The van der Waals surface area contributed by atoms with Crippen molar-refractivity contribution in [1.82, 2.24) is 15.0 Å². The third kappa shape index (κ3) is 13.3. The van der Waals surface area contributed by atoms with Gasteiger partial charge in [-0.1, -0.05) is 364 Å². The molecule has 666 valence electrons. The molecule has 0 aliphatic rings. The fourth-order valence-electron chi connectivity index (χ4n) is 23.9. The van der Waals surface area contributed by atoms with Crippen molar-refractivity contribution >= 4 is 239 Å². The fourth-order valence-corrected chi connectivity index (χ4v) is 23.9. The average Bonchev–Trinajstić information content (AvgIpc) is 0.709. The molecule has 0 bridgehead atoms. The molecule has 5 nitrogen and oxygen atoms in total. The molecule has 30 rings (SSSR count). The van der Waals surface area contributed by atoms with Crippen LogP contribution in [0.4, 0.5) is 34.1 Å². The molecule has 0 amide bonds. The molecule has 5 heteroatoms. The molecule has 0 radical (unpaired) electrons. The summed E-state index contributed by atoms with van der Waals surface area (Å²) in [6.07, 6.45) is 5.61. The van der Waals surface area contributed by atoms with Crippen molar-refractivity contribution in [2.24, 2.45) is 0 Å². The van der Waals surface area contributed by atoms with E-state index in [0.29, 0.717) is 0 Å². The second kappa shape index (κ2) is 33.4. The lowest BCUT2D eigenvalue weighted by Crippen LogP contribution is -2.11. The summed E-state index contributed by atoms with van der Waals surface area (Å²) in [5, 5.41) is 47.3. The summed E-state index contributed by atoms with van der Waals surface area (Å²) in [6, 6.07) is 183. The van der Waals surface area contributed by atoms with Crippen LogP contribution >= 0.6 is 0 Å². The molecule has 144 heavy (non-hydrogen) atoms. The number of nitrogens with zero attached hydrogens (tertiary/aromatic N) is 5. The molecule has 0 unspecified atom stereocenters. The molecule has 0 aliphatic heterocycles. The number of hydrogen-bond donors (Lipinski definition) is 0. The van der Waals surface area contributed by atoms with Crippen molar-refractivity contribution in [1.29, 1.82) is 0 Å². The monoisotopic (exact) mass is 1820 g/mol. The molecule has 0 aliphatic carbocycles. The molecule has 0 N–H and O–H groups in total. The number of aromatic nitrogens is 3. The van der Waals surface area contributed by atoms with Gasteiger partial charge in [0.25, 0.3) is 0 Å². The van der Waals surface area contributed by atoms with E-state index in [4.69, 9.17) is 9.97 Å². The van der Waals surface area contributed by atoms with Crippen molar-refractivity contribution < 1.29 is 0 Å². The standard InChI is InChI=1S/C74H45N3.C65H40N2/c1-2-18-55-53(16-1)54-17-3-4-19-56(54)67-41-46(27-32-61(55)67)51-37-38-74(66-24-10-9-15-52(51)66)77(49-30-35-64-62-33-28-47(72-25-11-13-39-75-72)42-68(62)57-20-5-7-22-59(57)70(64)44-49)50-31-36-65-63-34-29-48(73-26-12-14-40-76-73)43-69(63)58-21-6-8-23-60(58)71(65)45-50;1-3-17-51-47(13-1)49-15-5-7-19-53(49)61-37-42(26-32-57(51)61)41-24-28-44(29-25-41)67(45-30-34-59-52-18-4-2-14-48(52)50-16-6-8-20-54(50)63(59)39-45)46-31-35-60-58-33-27-43(65-23-11-12-36-66-65)38-62(58)55-21-9-10-22-56(55)64(60)40-46/h1-45H;1-40H. The summed E-state index contributed by atoms with van der Waals surface area (Å²) in [5.41, 5.74) is 17.6. The third-order valence-electron chi connectivity index (χ3n) is 30.5. The van der Waals surface area contributed by atoms with Gasteiger partial charge in [0, 0.05) is 69.1 Å². The molecule has 3 heterocycles. The second-order valence-electron chi connectivity index (χ2n) is 38.2. The lowest BCUT2D eigenvalue weighted by atomic mass is 9.90. The number of benzene rings is 27. The molecule has 0 saturated heterocycles. The first-order valence-corrected chi connectivity index (χ1v) is 49.6. The fraction of sp³-hybridized carbons (Fsp3) is 0. The Kier molecular flexibility index (Phi) is 19.0. The zero-order valence-corrected chi connectivity index (χ0v) is 78.3. The summed E-state index contributed by atoms with van der Waals surface area (Å²) < 4.78 is 0. The molecule has 0 spiro atoms.